The minimum atomic E-state index is -3.89. The summed E-state index contributed by atoms with van der Waals surface area (Å²) >= 11 is 0. The Bertz CT molecular complexity index is 1310. The molecule has 182 valence electrons. The van der Waals surface area contributed by atoms with Crippen LogP contribution in [0.5, 0.6) is 0 Å². The van der Waals surface area contributed by atoms with Crippen molar-refractivity contribution in [3.63, 3.8) is 0 Å². The standard InChI is InChI=1S/C23H26N8O3S/c32-22-15-31-8-6-30(7-9-31)14-17-2-1-3-20(10-17)28-21-11-18(4-5-24-21)19-12-25-23(26-13-19)27-16-35(33,34)29-22/h1-5,10-13H,6-9,14-16H2,(H,24,28)(H,29,32)(H,25,26,27). The molecule has 0 radical (unpaired) electrons. The highest BCUT2D eigenvalue weighted by atomic mass is 32.2. The van der Waals surface area contributed by atoms with Gasteiger partial charge in [-0.15, -0.1) is 0 Å². The molecule has 5 aliphatic rings. The fourth-order valence-electron chi connectivity index (χ4n) is 4.11. The molecule has 3 aromatic rings. The van der Waals surface area contributed by atoms with E-state index in [4.69, 9.17) is 0 Å². The van der Waals surface area contributed by atoms with Crippen molar-refractivity contribution >= 4 is 33.4 Å². The number of rotatable bonds is 0. The van der Waals surface area contributed by atoms with Crippen molar-refractivity contribution < 1.29 is 13.2 Å². The van der Waals surface area contributed by atoms with Crippen LogP contribution in [0.2, 0.25) is 0 Å². The monoisotopic (exact) mass is 494 g/mol. The average Bonchev–Trinajstić information content (AvgIpc) is 2.84. The second-order valence-corrected chi connectivity index (χ2v) is 10.3. The van der Waals surface area contributed by atoms with Crippen LogP contribution in [0, 0.1) is 0 Å². The number of nitrogens with zero attached hydrogens (tertiary/aromatic N) is 5. The number of carbonyl (C=O) groups is 1. The predicted molar refractivity (Wildman–Crippen MR) is 132 cm³/mol. The van der Waals surface area contributed by atoms with Crippen LogP contribution in [0.1, 0.15) is 5.56 Å². The van der Waals surface area contributed by atoms with Gasteiger partial charge in [0.25, 0.3) is 10.0 Å². The summed E-state index contributed by atoms with van der Waals surface area (Å²) in [5, 5.41) is 6.03. The number of piperazine rings is 1. The molecule has 7 heterocycles. The molecule has 1 saturated heterocycles. The van der Waals surface area contributed by atoms with Crippen molar-refractivity contribution in [2.24, 2.45) is 0 Å². The van der Waals surface area contributed by atoms with Crippen molar-refractivity contribution in [1.29, 1.82) is 0 Å². The number of hydrogen-bond donors (Lipinski definition) is 3. The number of amides is 1. The molecule has 1 fully saturated rings. The minimum Gasteiger partial charge on any atom is -0.340 e. The number of aromatic nitrogens is 3. The van der Waals surface area contributed by atoms with Crippen LogP contribution >= 0.6 is 0 Å². The predicted octanol–water partition coefficient (Wildman–Crippen LogP) is 1.23. The van der Waals surface area contributed by atoms with E-state index < -0.39 is 21.8 Å². The summed E-state index contributed by atoms with van der Waals surface area (Å²) in [4.78, 5) is 29.5. The maximum Gasteiger partial charge on any atom is 0.253 e. The minimum absolute atomic E-state index is 0.0302. The first-order valence-electron chi connectivity index (χ1n) is 11.3. The van der Waals surface area contributed by atoms with Gasteiger partial charge in [-0.2, -0.15) is 0 Å². The molecule has 11 nitrogen and oxygen atoms in total. The van der Waals surface area contributed by atoms with Gasteiger partial charge in [-0.05, 0) is 35.4 Å². The summed E-state index contributed by atoms with van der Waals surface area (Å²) in [5.41, 5.74) is 3.74. The third kappa shape index (κ3) is 6.10. The third-order valence-electron chi connectivity index (χ3n) is 5.87. The fourth-order valence-corrected chi connectivity index (χ4v) is 4.91. The van der Waals surface area contributed by atoms with Gasteiger partial charge in [0.05, 0.1) is 6.54 Å². The van der Waals surface area contributed by atoms with Crippen molar-refractivity contribution in [2.45, 2.75) is 6.54 Å². The van der Waals surface area contributed by atoms with Crippen LogP contribution in [0.3, 0.4) is 0 Å². The highest BCUT2D eigenvalue weighted by molar-refractivity contribution is 7.90. The Morgan fingerprint density at radius 3 is 2.37 bits per heavy atom. The first-order chi connectivity index (χ1) is 16.9. The average molecular weight is 495 g/mol. The molecule has 1 aromatic carbocycles. The van der Waals surface area contributed by atoms with Crippen molar-refractivity contribution in [3.05, 3.63) is 60.6 Å². The smallest absolute Gasteiger partial charge is 0.253 e. The summed E-state index contributed by atoms with van der Waals surface area (Å²) in [6.45, 7) is 3.75. The van der Waals surface area contributed by atoms with E-state index in [2.05, 4.69) is 47.3 Å². The van der Waals surface area contributed by atoms with Gasteiger partial charge in [-0.1, -0.05) is 12.1 Å². The fraction of sp³-hybridized carbons (Fsp3) is 0.304. The normalized spacial score (nSPS) is 22.1. The molecule has 0 saturated carbocycles. The van der Waals surface area contributed by atoms with E-state index in [0.29, 0.717) is 18.9 Å². The van der Waals surface area contributed by atoms with Crippen molar-refractivity contribution in [1.82, 2.24) is 29.5 Å². The zero-order chi connectivity index (χ0) is 24.3. The van der Waals surface area contributed by atoms with Crippen LogP contribution in [0.25, 0.3) is 11.1 Å². The Morgan fingerprint density at radius 2 is 1.60 bits per heavy atom. The van der Waals surface area contributed by atoms with Crippen molar-refractivity contribution in [2.75, 3.05) is 49.2 Å². The van der Waals surface area contributed by atoms with Crippen LogP contribution < -0.4 is 15.4 Å². The van der Waals surface area contributed by atoms with Gasteiger partial charge in [-0.25, -0.2) is 23.4 Å². The molecule has 0 atom stereocenters. The van der Waals surface area contributed by atoms with Crippen LogP contribution in [0.15, 0.2) is 55.0 Å². The van der Waals surface area contributed by atoms with E-state index in [1.807, 2.05) is 29.2 Å². The van der Waals surface area contributed by atoms with Gasteiger partial charge in [0.15, 0.2) is 0 Å². The quantitative estimate of drug-likeness (QED) is 0.419. The van der Waals surface area contributed by atoms with E-state index in [1.54, 1.807) is 18.6 Å². The van der Waals surface area contributed by atoms with E-state index in [0.717, 1.165) is 36.4 Å². The molecule has 0 spiro atoms. The first-order valence-corrected chi connectivity index (χ1v) is 12.9. The molecule has 0 unspecified atom stereocenters. The second-order valence-electron chi connectivity index (χ2n) is 8.56. The van der Waals surface area contributed by atoms with Crippen molar-refractivity contribution in [3.8, 4) is 11.1 Å². The zero-order valence-electron chi connectivity index (χ0n) is 19.0. The Kier molecular flexibility index (Phi) is 6.57. The molecule has 12 heteroatoms. The van der Waals surface area contributed by atoms with E-state index in [9.17, 15) is 13.2 Å². The summed E-state index contributed by atoms with van der Waals surface area (Å²) in [7, 11) is -3.89. The lowest BCUT2D eigenvalue weighted by molar-refractivity contribution is -0.120. The lowest BCUT2D eigenvalue weighted by Gasteiger charge is -2.34. The van der Waals surface area contributed by atoms with Crippen LogP contribution in [-0.4, -0.2) is 77.7 Å². The molecule has 0 aliphatic carbocycles. The molecule has 35 heavy (non-hydrogen) atoms. The summed E-state index contributed by atoms with van der Waals surface area (Å²) in [6.07, 6.45) is 4.91. The van der Waals surface area contributed by atoms with E-state index in [-0.39, 0.29) is 12.5 Å². The molecule has 5 aliphatic heterocycles. The number of hydrogen-bond acceptors (Lipinski definition) is 10. The molecule has 3 N–H and O–H groups in total. The van der Waals surface area contributed by atoms with Gasteiger partial charge >= 0.3 is 0 Å². The number of pyridine rings is 1. The Balaban J connectivity index is 1.42. The highest BCUT2D eigenvalue weighted by Gasteiger charge is 2.22. The van der Waals surface area contributed by atoms with Gasteiger partial charge in [0.1, 0.15) is 11.7 Å². The second kappa shape index (κ2) is 9.94. The van der Waals surface area contributed by atoms with E-state index >= 15 is 0 Å². The van der Waals surface area contributed by atoms with Crippen LogP contribution in [0.4, 0.5) is 17.5 Å². The highest BCUT2D eigenvalue weighted by Crippen LogP contribution is 2.23. The first kappa shape index (κ1) is 23.1. The Labute approximate surface area is 203 Å². The number of benzene rings is 1. The van der Waals surface area contributed by atoms with E-state index in [1.165, 1.54) is 5.56 Å². The lowest BCUT2D eigenvalue weighted by atomic mass is 10.1. The molecular weight excluding hydrogens is 468 g/mol. The summed E-state index contributed by atoms with van der Waals surface area (Å²) in [5.74, 6) is -0.216. The Hall–Kier alpha value is -3.61. The number of carbonyl (C=O) groups excluding carboxylic acids is 1. The van der Waals surface area contributed by atoms with Gasteiger partial charge in [-0.3, -0.25) is 19.3 Å². The summed E-state index contributed by atoms with van der Waals surface area (Å²) < 4.78 is 26.8. The molecule has 2 aromatic heterocycles. The number of nitrogens with one attached hydrogen (secondary N) is 3. The molecule has 8 rings (SSSR count). The van der Waals surface area contributed by atoms with Gasteiger partial charge in [0, 0.05) is 62.6 Å². The zero-order valence-corrected chi connectivity index (χ0v) is 19.8. The molecule has 1 amide bonds. The lowest BCUT2D eigenvalue weighted by Crippen LogP contribution is -2.50. The third-order valence-corrected chi connectivity index (χ3v) is 6.94. The van der Waals surface area contributed by atoms with Gasteiger partial charge < -0.3 is 10.6 Å². The maximum atomic E-state index is 12.4. The molecule has 8 bridgehead atoms. The number of sulfonamides is 1. The SMILES string of the molecule is O=C1CN2CCN(CC2)Cc2cccc(c2)Nc2cc(ccn2)-c2cnc(nc2)NCS(=O)(=O)N1. The largest absolute Gasteiger partial charge is 0.340 e. The number of anilines is 3. The maximum absolute atomic E-state index is 12.4. The van der Waals surface area contributed by atoms with Gasteiger partial charge in [0.2, 0.25) is 11.9 Å². The topological polar surface area (TPSA) is 132 Å². The molecular formula is C23H26N8O3S. The van der Waals surface area contributed by atoms with Crippen LogP contribution in [-0.2, 0) is 21.4 Å². The Morgan fingerprint density at radius 1 is 0.857 bits per heavy atom. The summed E-state index contributed by atoms with van der Waals surface area (Å²) in [6, 6.07) is 12.0.